The minimum atomic E-state index is -1.06. The molecule has 0 fully saturated rings. The fourth-order valence-electron chi connectivity index (χ4n) is 1.86. The van der Waals surface area contributed by atoms with Gasteiger partial charge in [-0.25, -0.2) is 0 Å². The number of aliphatic imine (C=N–C) groups is 1. The van der Waals surface area contributed by atoms with Crippen LogP contribution in [0.2, 0.25) is 25.2 Å². The molecule has 0 aromatic rings. The molecule has 0 saturated carbocycles. The summed E-state index contributed by atoms with van der Waals surface area (Å²) in [6, 6.07) is 2.41. The molecule has 0 atom stereocenters. The number of unbranched alkanes of at least 4 members (excludes halogenated alkanes) is 5. The van der Waals surface area contributed by atoms with Crippen LogP contribution in [0, 0.1) is 0 Å². The minimum Gasteiger partial charge on any atom is -0.298 e. The molecule has 0 heterocycles. The smallest absolute Gasteiger partial charge is 0.0565 e. The molecular formula is C15H31NSi. The van der Waals surface area contributed by atoms with Gasteiger partial charge in [-0.2, -0.15) is 0 Å². The zero-order valence-corrected chi connectivity index (χ0v) is 13.2. The second kappa shape index (κ2) is 10.8. The first-order chi connectivity index (χ1) is 8.12. The Kier molecular flexibility index (Phi) is 10.5. The summed E-state index contributed by atoms with van der Waals surface area (Å²) in [6.07, 6.45) is 12.4. The molecular weight excluding hydrogens is 222 g/mol. The Bertz CT molecular complexity index is 209. The molecule has 0 aromatic heterocycles. The van der Waals surface area contributed by atoms with E-state index in [4.69, 9.17) is 0 Å². The Hall–Kier alpha value is -0.373. The van der Waals surface area contributed by atoms with Gasteiger partial charge in [-0.15, -0.1) is 6.58 Å². The minimum absolute atomic E-state index is 1.03. The standard InChI is InChI=1S/C15H31NSi/c1-5-7-8-9-10-11-12-16-13-15-17(3,4)14-6-2/h6,13H,2,5,7-12,14-15H2,1,3-4H3. The Morgan fingerprint density at radius 2 is 1.65 bits per heavy atom. The predicted octanol–water partition coefficient (Wildman–Crippen LogP) is 5.31. The van der Waals surface area contributed by atoms with Crippen molar-refractivity contribution in [2.75, 3.05) is 6.54 Å². The Morgan fingerprint density at radius 1 is 1.00 bits per heavy atom. The van der Waals surface area contributed by atoms with Gasteiger partial charge in [0.15, 0.2) is 0 Å². The predicted molar refractivity (Wildman–Crippen MR) is 84.0 cm³/mol. The highest BCUT2D eigenvalue weighted by molar-refractivity contribution is 6.79. The fraction of sp³-hybridized carbons (Fsp3) is 0.800. The molecule has 0 rings (SSSR count). The van der Waals surface area contributed by atoms with Crippen molar-refractivity contribution in [3.05, 3.63) is 12.7 Å². The number of allylic oxidation sites excluding steroid dienone is 1. The van der Waals surface area contributed by atoms with Gasteiger partial charge in [-0.3, -0.25) is 4.99 Å². The Balaban J connectivity index is 3.39. The number of nitrogens with zero attached hydrogens (tertiary/aromatic N) is 1. The van der Waals surface area contributed by atoms with E-state index in [1.54, 1.807) is 0 Å². The Morgan fingerprint density at radius 3 is 2.29 bits per heavy atom. The van der Waals surface area contributed by atoms with E-state index in [1.807, 2.05) is 0 Å². The lowest BCUT2D eigenvalue weighted by Gasteiger charge is -2.16. The van der Waals surface area contributed by atoms with Gasteiger partial charge in [-0.1, -0.05) is 58.2 Å². The van der Waals surface area contributed by atoms with Gasteiger partial charge in [0.25, 0.3) is 0 Å². The highest BCUT2D eigenvalue weighted by atomic mass is 28.3. The third-order valence-electron chi connectivity index (χ3n) is 3.11. The van der Waals surface area contributed by atoms with Gasteiger partial charge in [0.1, 0.15) is 0 Å². The summed E-state index contributed by atoms with van der Waals surface area (Å²) < 4.78 is 0. The van der Waals surface area contributed by atoms with Crippen LogP contribution in [0.25, 0.3) is 0 Å². The van der Waals surface area contributed by atoms with E-state index < -0.39 is 8.07 Å². The zero-order chi connectivity index (χ0) is 13.0. The molecule has 0 aliphatic heterocycles. The summed E-state index contributed by atoms with van der Waals surface area (Å²) in [5.74, 6) is 0. The van der Waals surface area contributed by atoms with Gasteiger partial charge in [0.05, 0.1) is 8.07 Å². The van der Waals surface area contributed by atoms with Crippen LogP contribution in [0.5, 0.6) is 0 Å². The largest absolute Gasteiger partial charge is 0.298 e. The number of rotatable bonds is 11. The second-order valence-electron chi connectivity index (χ2n) is 5.72. The van der Waals surface area contributed by atoms with Crippen molar-refractivity contribution < 1.29 is 0 Å². The van der Waals surface area contributed by atoms with Crippen molar-refractivity contribution >= 4 is 14.3 Å². The molecule has 0 saturated heterocycles. The maximum absolute atomic E-state index is 4.53. The molecule has 0 amide bonds. The van der Waals surface area contributed by atoms with Crippen LogP contribution >= 0.6 is 0 Å². The quantitative estimate of drug-likeness (QED) is 0.205. The number of hydrogen-bond donors (Lipinski definition) is 0. The summed E-state index contributed by atoms with van der Waals surface area (Å²) in [5, 5.41) is 0. The average Bonchev–Trinajstić information content (AvgIpc) is 2.27. The molecule has 0 unspecified atom stereocenters. The summed E-state index contributed by atoms with van der Waals surface area (Å²) in [5.41, 5.74) is 0. The molecule has 2 heteroatoms. The van der Waals surface area contributed by atoms with Crippen LogP contribution in [-0.2, 0) is 0 Å². The molecule has 0 aliphatic rings. The summed E-state index contributed by atoms with van der Waals surface area (Å²) in [7, 11) is -1.06. The first-order valence-corrected chi connectivity index (χ1v) is 10.6. The van der Waals surface area contributed by atoms with Crippen LogP contribution in [-0.4, -0.2) is 20.8 Å². The normalized spacial score (nSPS) is 12.2. The maximum atomic E-state index is 4.53. The van der Waals surface area contributed by atoms with Crippen molar-refractivity contribution in [3.8, 4) is 0 Å². The molecule has 0 bridgehead atoms. The van der Waals surface area contributed by atoms with Crippen LogP contribution in [0.15, 0.2) is 17.6 Å². The molecule has 100 valence electrons. The molecule has 0 spiro atoms. The topological polar surface area (TPSA) is 12.4 Å². The zero-order valence-electron chi connectivity index (χ0n) is 12.2. The molecule has 0 aliphatic carbocycles. The maximum Gasteiger partial charge on any atom is 0.0565 e. The van der Waals surface area contributed by atoms with Crippen LogP contribution in [0.3, 0.4) is 0 Å². The third-order valence-corrected chi connectivity index (χ3v) is 5.79. The monoisotopic (exact) mass is 253 g/mol. The average molecular weight is 254 g/mol. The Labute approximate surface area is 109 Å². The van der Waals surface area contributed by atoms with E-state index in [-0.39, 0.29) is 0 Å². The van der Waals surface area contributed by atoms with Crippen LogP contribution in [0.1, 0.15) is 45.4 Å². The van der Waals surface area contributed by atoms with Crippen molar-refractivity contribution in [3.63, 3.8) is 0 Å². The molecule has 0 N–H and O–H groups in total. The van der Waals surface area contributed by atoms with Crippen LogP contribution < -0.4 is 0 Å². The van der Waals surface area contributed by atoms with Gasteiger partial charge in [-0.05, 0) is 24.7 Å². The van der Waals surface area contributed by atoms with Gasteiger partial charge >= 0.3 is 0 Å². The fourth-order valence-corrected chi connectivity index (χ4v) is 3.43. The van der Waals surface area contributed by atoms with E-state index in [9.17, 15) is 0 Å². The summed E-state index contributed by atoms with van der Waals surface area (Å²) in [4.78, 5) is 4.53. The van der Waals surface area contributed by atoms with E-state index in [2.05, 4.69) is 43.9 Å². The first kappa shape index (κ1) is 16.6. The molecule has 17 heavy (non-hydrogen) atoms. The second-order valence-corrected chi connectivity index (χ2v) is 10.9. The van der Waals surface area contributed by atoms with Crippen molar-refractivity contribution in [1.29, 1.82) is 0 Å². The highest BCUT2D eigenvalue weighted by Gasteiger charge is 2.16. The van der Waals surface area contributed by atoms with E-state index in [0.717, 1.165) is 6.54 Å². The van der Waals surface area contributed by atoms with Crippen molar-refractivity contribution in [1.82, 2.24) is 0 Å². The lowest BCUT2D eigenvalue weighted by Crippen LogP contribution is -2.24. The SMILES string of the molecule is C=CC[Si](C)(C)CC=NCCCCCCCC. The summed E-state index contributed by atoms with van der Waals surface area (Å²) >= 11 is 0. The molecule has 0 radical (unpaired) electrons. The lowest BCUT2D eigenvalue weighted by atomic mass is 10.1. The third kappa shape index (κ3) is 11.9. The number of hydrogen-bond acceptors (Lipinski definition) is 1. The van der Waals surface area contributed by atoms with Crippen LogP contribution in [0.4, 0.5) is 0 Å². The van der Waals surface area contributed by atoms with Gasteiger partial charge in [0.2, 0.25) is 0 Å². The van der Waals surface area contributed by atoms with Gasteiger partial charge < -0.3 is 0 Å². The van der Waals surface area contributed by atoms with E-state index in [0.29, 0.717) is 0 Å². The van der Waals surface area contributed by atoms with Crippen molar-refractivity contribution in [2.45, 2.75) is 70.6 Å². The van der Waals surface area contributed by atoms with E-state index >= 15 is 0 Å². The summed E-state index contributed by atoms with van der Waals surface area (Å²) in [6.45, 7) is 11.9. The molecule has 1 nitrogen and oxygen atoms in total. The first-order valence-electron chi connectivity index (χ1n) is 7.21. The van der Waals surface area contributed by atoms with Gasteiger partial charge in [0, 0.05) is 6.54 Å². The van der Waals surface area contributed by atoms with E-state index in [1.165, 1.54) is 50.6 Å². The highest BCUT2D eigenvalue weighted by Crippen LogP contribution is 2.13. The van der Waals surface area contributed by atoms with Crippen molar-refractivity contribution in [2.24, 2.45) is 4.99 Å². The lowest BCUT2D eigenvalue weighted by molar-refractivity contribution is 0.612. The molecule has 0 aromatic carbocycles.